The lowest BCUT2D eigenvalue weighted by Gasteiger charge is -2.03. The molecule has 0 aliphatic carbocycles. The predicted octanol–water partition coefficient (Wildman–Crippen LogP) is 2.59. The second kappa shape index (κ2) is 8.27. The van der Waals surface area contributed by atoms with E-state index in [1.807, 2.05) is 0 Å². The lowest BCUT2D eigenvalue weighted by Crippen LogP contribution is -2.39. The van der Waals surface area contributed by atoms with Crippen LogP contribution in [0, 0.1) is 6.92 Å². The molecule has 0 unspecified atom stereocenters. The van der Waals surface area contributed by atoms with Gasteiger partial charge in [-0.05, 0) is 24.6 Å². The van der Waals surface area contributed by atoms with Crippen molar-refractivity contribution < 1.29 is 21.8 Å². The van der Waals surface area contributed by atoms with Gasteiger partial charge in [-0.2, -0.15) is 4.68 Å². The van der Waals surface area contributed by atoms with Gasteiger partial charge < -0.3 is 4.55 Å². The molecule has 0 aliphatic rings. The van der Waals surface area contributed by atoms with Crippen LogP contribution in [-0.4, -0.2) is 24.8 Å². The van der Waals surface area contributed by atoms with Crippen molar-refractivity contribution in [3.63, 3.8) is 0 Å². The second-order valence-corrected chi connectivity index (χ2v) is 6.87. The first kappa shape index (κ1) is 19.8. The molecule has 6 nitrogen and oxygen atoms in total. The van der Waals surface area contributed by atoms with E-state index in [1.54, 1.807) is 0 Å². The molecule has 26 heavy (non-hydrogen) atoms. The summed E-state index contributed by atoms with van der Waals surface area (Å²) in [7, 11) is 0.603. The van der Waals surface area contributed by atoms with Crippen LogP contribution in [0.15, 0.2) is 60.7 Å². The molecule has 2 aromatic carbocycles. The summed E-state index contributed by atoms with van der Waals surface area (Å²) in [6.07, 6.45) is 0. The molecule has 0 saturated carbocycles. The van der Waals surface area contributed by atoms with Crippen LogP contribution in [0.5, 0.6) is 0 Å². The van der Waals surface area contributed by atoms with Crippen LogP contribution < -0.4 is 4.68 Å². The number of hydrogen-bond donors (Lipinski definition) is 0. The molecular formula is C19H22N2O4S. The SMILES string of the molecule is COS(=O)(=O)[O-].Cc1ccccc1-c1cc(-c2ccccc2)[n+](C)n1C. The van der Waals surface area contributed by atoms with Crippen LogP contribution >= 0.6 is 0 Å². The number of aryl methyl sites for hydroxylation is 1. The molecule has 1 aromatic heterocycles. The average molecular weight is 374 g/mol. The van der Waals surface area contributed by atoms with Crippen molar-refractivity contribution in [2.45, 2.75) is 6.92 Å². The van der Waals surface area contributed by atoms with E-state index in [-0.39, 0.29) is 0 Å². The maximum Gasteiger partial charge on any atom is 0.238 e. The van der Waals surface area contributed by atoms with Gasteiger partial charge in [0.25, 0.3) is 0 Å². The van der Waals surface area contributed by atoms with Gasteiger partial charge >= 0.3 is 0 Å². The zero-order valence-electron chi connectivity index (χ0n) is 15.2. The van der Waals surface area contributed by atoms with E-state index >= 15 is 0 Å². The first-order valence-corrected chi connectivity index (χ1v) is 9.27. The van der Waals surface area contributed by atoms with Crippen molar-refractivity contribution >= 4 is 10.4 Å². The van der Waals surface area contributed by atoms with Crippen LogP contribution in [0.1, 0.15) is 5.56 Å². The molecule has 0 N–H and O–H groups in total. The summed E-state index contributed by atoms with van der Waals surface area (Å²) in [4.78, 5) is 0. The van der Waals surface area contributed by atoms with Gasteiger partial charge in [-0.15, -0.1) is 4.68 Å². The summed E-state index contributed by atoms with van der Waals surface area (Å²) in [5, 5.41) is 0. The van der Waals surface area contributed by atoms with E-state index in [4.69, 9.17) is 0 Å². The Bertz CT molecular complexity index is 980. The Morgan fingerprint density at radius 3 is 2.12 bits per heavy atom. The second-order valence-electron chi connectivity index (χ2n) is 5.72. The Morgan fingerprint density at radius 1 is 1.04 bits per heavy atom. The molecule has 0 radical (unpaired) electrons. The maximum absolute atomic E-state index is 9.22. The topological polar surface area (TPSA) is 75.2 Å². The van der Waals surface area contributed by atoms with Crippen LogP contribution in [0.2, 0.25) is 0 Å². The zero-order chi connectivity index (χ0) is 19.3. The summed E-state index contributed by atoms with van der Waals surface area (Å²) in [5.41, 5.74) is 6.29. The van der Waals surface area contributed by atoms with Gasteiger partial charge in [0.2, 0.25) is 16.1 Å². The summed E-state index contributed by atoms with van der Waals surface area (Å²) in [6, 6.07) is 21.3. The Balaban J connectivity index is 0.000000352. The molecule has 0 bridgehead atoms. The number of benzene rings is 2. The molecule has 0 saturated heterocycles. The fourth-order valence-electron chi connectivity index (χ4n) is 2.63. The van der Waals surface area contributed by atoms with Gasteiger partial charge in [0, 0.05) is 17.2 Å². The molecular weight excluding hydrogens is 352 g/mol. The van der Waals surface area contributed by atoms with Crippen molar-refractivity contribution in [2.75, 3.05) is 7.11 Å². The highest BCUT2D eigenvalue weighted by molar-refractivity contribution is 7.80. The van der Waals surface area contributed by atoms with E-state index in [0.29, 0.717) is 0 Å². The van der Waals surface area contributed by atoms with Gasteiger partial charge in [-0.3, -0.25) is 4.18 Å². The Hall–Kier alpha value is -2.48. The summed E-state index contributed by atoms with van der Waals surface area (Å²) in [6.45, 7) is 2.16. The maximum atomic E-state index is 9.22. The summed E-state index contributed by atoms with van der Waals surface area (Å²) >= 11 is 0. The molecule has 0 spiro atoms. The molecule has 138 valence electrons. The molecule has 7 heteroatoms. The molecule has 0 amide bonds. The van der Waals surface area contributed by atoms with Gasteiger partial charge in [0.1, 0.15) is 5.69 Å². The minimum Gasteiger partial charge on any atom is -0.726 e. The lowest BCUT2D eigenvalue weighted by molar-refractivity contribution is -0.740. The first-order valence-electron chi connectivity index (χ1n) is 7.93. The highest BCUT2D eigenvalue weighted by Crippen LogP contribution is 2.26. The largest absolute Gasteiger partial charge is 0.726 e. The van der Waals surface area contributed by atoms with E-state index < -0.39 is 10.4 Å². The molecule has 0 fully saturated rings. The van der Waals surface area contributed by atoms with Crippen LogP contribution in [0.25, 0.3) is 22.5 Å². The third kappa shape index (κ3) is 4.78. The quantitative estimate of drug-likeness (QED) is 0.401. The fourth-order valence-corrected chi connectivity index (χ4v) is 2.63. The smallest absolute Gasteiger partial charge is 0.238 e. The first-order chi connectivity index (χ1) is 12.2. The van der Waals surface area contributed by atoms with Gasteiger partial charge in [-0.25, -0.2) is 8.42 Å². The van der Waals surface area contributed by atoms with Crippen LogP contribution in [-0.2, 0) is 28.7 Å². The van der Waals surface area contributed by atoms with E-state index in [2.05, 4.69) is 95.2 Å². The predicted molar refractivity (Wildman–Crippen MR) is 98.9 cm³/mol. The van der Waals surface area contributed by atoms with E-state index in [0.717, 1.165) is 7.11 Å². The molecule has 3 rings (SSSR count). The van der Waals surface area contributed by atoms with Gasteiger partial charge in [-0.1, -0.05) is 42.5 Å². The van der Waals surface area contributed by atoms with Gasteiger partial charge in [0.05, 0.1) is 14.2 Å². The van der Waals surface area contributed by atoms with Crippen molar-refractivity contribution in [3.05, 3.63) is 66.2 Å². The number of nitrogens with zero attached hydrogens (tertiary/aromatic N) is 2. The number of aromatic nitrogens is 2. The molecule has 3 aromatic rings. The van der Waals surface area contributed by atoms with E-state index in [1.165, 1.54) is 28.1 Å². The zero-order valence-corrected chi connectivity index (χ0v) is 16.0. The van der Waals surface area contributed by atoms with Crippen molar-refractivity contribution in [1.82, 2.24) is 4.68 Å². The minimum absolute atomic E-state index is 0.808. The van der Waals surface area contributed by atoms with E-state index in [9.17, 15) is 13.0 Å². The highest BCUT2D eigenvalue weighted by Gasteiger charge is 2.20. The molecule has 0 aliphatic heterocycles. The monoisotopic (exact) mass is 374 g/mol. The van der Waals surface area contributed by atoms with Gasteiger partial charge in [0.15, 0.2) is 7.05 Å². The third-order valence-corrected chi connectivity index (χ3v) is 4.52. The summed E-state index contributed by atoms with van der Waals surface area (Å²) in [5.74, 6) is 0. The molecule has 1 heterocycles. The van der Waals surface area contributed by atoms with Crippen molar-refractivity contribution in [2.24, 2.45) is 14.1 Å². The Labute approximate surface area is 154 Å². The van der Waals surface area contributed by atoms with Crippen LogP contribution in [0.4, 0.5) is 0 Å². The fraction of sp³-hybridized carbons (Fsp3) is 0.211. The highest BCUT2D eigenvalue weighted by atomic mass is 32.3. The average Bonchev–Trinajstić information content (AvgIpc) is 2.92. The Kier molecular flexibility index (Phi) is 6.31. The minimum atomic E-state index is -4.41. The van der Waals surface area contributed by atoms with Crippen molar-refractivity contribution in [3.8, 4) is 22.5 Å². The number of rotatable bonds is 3. The number of hydrogen-bond acceptors (Lipinski definition) is 4. The third-order valence-electron chi connectivity index (χ3n) is 4.12. The normalized spacial score (nSPS) is 11.0. The lowest BCUT2D eigenvalue weighted by atomic mass is 10.0. The Morgan fingerprint density at radius 2 is 1.58 bits per heavy atom. The summed E-state index contributed by atoms with van der Waals surface area (Å²) < 4.78 is 35.4. The standard InChI is InChI=1S/C18H19N2.CH4O4S/c1-14-9-7-8-12-16(14)18-13-17(19(2)20(18)3)15-10-5-4-6-11-15;1-5-6(2,3)4/h4-13H,1-3H3;1H3,(H,2,3,4)/q+1;/p-1. The van der Waals surface area contributed by atoms with Crippen molar-refractivity contribution in [1.29, 1.82) is 0 Å². The van der Waals surface area contributed by atoms with Crippen LogP contribution in [0.3, 0.4) is 0 Å². The molecule has 0 atom stereocenters.